The van der Waals surface area contributed by atoms with Crippen LogP contribution in [0.3, 0.4) is 0 Å². The summed E-state index contributed by atoms with van der Waals surface area (Å²) < 4.78 is 5.19. The quantitative estimate of drug-likeness (QED) is 0.776. The van der Waals surface area contributed by atoms with E-state index >= 15 is 0 Å². The van der Waals surface area contributed by atoms with Crippen LogP contribution in [0, 0.1) is 0 Å². The first-order valence-corrected chi connectivity index (χ1v) is 6.35. The molecule has 0 spiro atoms. The maximum Gasteiger partial charge on any atom is 0.417 e. The van der Waals surface area contributed by atoms with Crippen LogP contribution in [0.1, 0.15) is 6.92 Å². The largest absolute Gasteiger partial charge is 0.417 e. The number of aromatic amines is 1. The van der Waals surface area contributed by atoms with Crippen LogP contribution in [-0.2, 0) is 0 Å². The molecule has 0 saturated heterocycles. The van der Waals surface area contributed by atoms with Gasteiger partial charge in [-0.3, -0.25) is 4.98 Å². The van der Waals surface area contributed by atoms with E-state index in [9.17, 15) is 4.79 Å². The molecule has 0 fully saturated rings. The summed E-state index contributed by atoms with van der Waals surface area (Å²) in [5, 5.41) is 0.948. The average molecular weight is 270 g/mol. The van der Waals surface area contributed by atoms with Gasteiger partial charge in [0.2, 0.25) is 0 Å². The first kappa shape index (κ1) is 12.4. The highest BCUT2D eigenvalue weighted by molar-refractivity contribution is 6.01. The number of fused-ring (bicyclic) bond motifs is 3. The summed E-state index contributed by atoms with van der Waals surface area (Å²) >= 11 is 0. The van der Waals surface area contributed by atoms with Gasteiger partial charge in [-0.05, 0) is 13.0 Å². The number of H-pyrrole nitrogens is 1. The van der Waals surface area contributed by atoms with Crippen molar-refractivity contribution in [1.82, 2.24) is 19.9 Å². The fourth-order valence-electron chi connectivity index (χ4n) is 1.93. The van der Waals surface area contributed by atoms with E-state index in [-0.39, 0.29) is 6.01 Å². The molecule has 0 unspecified atom stereocenters. The van der Waals surface area contributed by atoms with Gasteiger partial charge >= 0.3 is 12.1 Å². The fraction of sp³-hybridized carbons (Fsp3) is 0.214. The van der Waals surface area contributed by atoms with E-state index < -0.39 is 6.09 Å². The van der Waals surface area contributed by atoms with Crippen LogP contribution in [-0.4, -0.2) is 39.5 Å². The van der Waals surface area contributed by atoms with E-state index in [0.29, 0.717) is 12.1 Å². The zero-order valence-corrected chi connectivity index (χ0v) is 11.3. The monoisotopic (exact) mass is 270 g/mol. The molecule has 6 nitrogen and oxygen atoms in total. The number of benzene rings is 1. The SMILES string of the molecule is CCN(C)C(=O)Oc1nc2cnc3ccccc3c2[nH]1. The van der Waals surface area contributed by atoms with Gasteiger partial charge in [-0.2, -0.15) is 4.98 Å². The second-order valence-corrected chi connectivity index (χ2v) is 4.46. The molecule has 0 aliphatic heterocycles. The molecule has 0 bridgehead atoms. The average Bonchev–Trinajstić information content (AvgIpc) is 2.89. The standard InChI is InChI=1S/C14H14N4O2/c1-3-18(2)14(19)20-13-16-11-8-15-10-7-5-4-6-9(10)12(11)17-13/h4-8H,3H2,1-2H3,(H,16,17). The van der Waals surface area contributed by atoms with Crippen LogP contribution in [0.15, 0.2) is 30.5 Å². The summed E-state index contributed by atoms with van der Waals surface area (Å²) in [6.07, 6.45) is 1.22. The molecule has 0 aliphatic carbocycles. The highest BCUT2D eigenvalue weighted by Crippen LogP contribution is 2.23. The van der Waals surface area contributed by atoms with Gasteiger partial charge in [-0.1, -0.05) is 18.2 Å². The summed E-state index contributed by atoms with van der Waals surface area (Å²) in [7, 11) is 1.67. The number of amides is 1. The van der Waals surface area contributed by atoms with Gasteiger partial charge < -0.3 is 14.6 Å². The Morgan fingerprint density at radius 1 is 1.35 bits per heavy atom. The van der Waals surface area contributed by atoms with Crippen molar-refractivity contribution in [3.63, 3.8) is 0 Å². The highest BCUT2D eigenvalue weighted by atomic mass is 16.6. The Hall–Kier alpha value is -2.63. The van der Waals surface area contributed by atoms with E-state index in [2.05, 4.69) is 15.0 Å². The number of rotatable bonds is 2. The molecule has 3 aromatic rings. The van der Waals surface area contributed by atoms with Crippen molar-refractivity contribution in [2.24, 2.45) is 0 Å². The van der Waals surface area contributed by atoms with Crippen LogP contribution in [0.5, 0.6) is 6.01 Å². The zero-order valence-electron chi connectivity index (χ0n) is 11.3. The zero-order chi connectivity index (χ0) is 14.1. The van der Waals surface area contributed by atoms with Gasteiger partial charge in [0.1, 0.15) is 5.52 Å². The first-order valence-electron chi connectivity index (χ1n) is 6.35. The molecule has 0 aliphatic rings. The summed E-state index contributed by atoms with van der Waals surface area (Å²) in [5.41, 5.74) is 2.36. The molecule has 102 valence electrons. The van der Waals surface area contributed by atoms with Gasteiger partial charge in [0.25, 0.3) is 0 Å². The number of nitrogens with zero attached hydrogens (tertiary/aromatic N) is 3. The number of nitrogens with one attached hydrogen (secondary N) is 1. The van der Waals surface area contributed by atoms with Crippen molar-refractivity contribution in [2.75, 3.05) is 13.6 Å². The van der Waals surface area contributed by atoms with Crippen LogP contribution in [0.4, 0.5) is 4.79 Å². The number of imidazole rings is 1. The third-order valence-corrected chi connectivity index (χ3v) is 3.18. The maximum absolute atomic E-state index is 11.7. The first-order chi connectivity index (χ1) is 9.69. The fourth-order valence-corrected chi connectivity index (χ4v) is 1.93. The minimum absolute atomic E-state index is 0.184. The number of carbonyl (C=O) groups is 1. The van der Waals surface area contributed by atoms with Crippen LogP contribution in [0.2, 0.25) is 0 Å². The van der Waals surface area contributed by atoms with Gasteiger partial charge in [0.15, 0.2) is 0 Å². The molecule has 2 heterocycles. The summed E-state index contributed by atoms with van der Waals surface area (Å²) in [6, 6.07) is 7.91. The van der Waals surface area contributed by atoms with Crippen LogP contribution < -0.4 is 4.74 Å². The molecule has 0 saturated carbocycles. The number of pyridine rings is 1. The van der Waals surface area contributed by atoms with E-state index in [0.717, 1.165) is 16.4 Å². The third kappa shape index (κ3) is 2.05. The minimum atomic E-state index is -0.441. The Morgan fingerprint density at radius 3 is 2.95 bits per heavy atom. The Morgan fingerprint density at radius 2 is 2.15 bits per heavy atom. The van der Waals surface area contributed by atoms with Crippen molar-refractivity contribution in [1.29, 1.82) is 0 Å². The molecule has 1 N–H and O–H groups in total. The number of carbonyl (C=O) groups excluding carboxylic acids is 1. The molecule has 20 heavy (non-hydrogen) atoms. The van der Waals surface area contributed by atoms with E-state index in [1.165, 1.54) is 4.90 Å². The lowest BCUT2D eigenvalue weighted by Gasteiger charge is -2.12. The van der Waals surface area contributed by atoms with Crippen molar-refractivity contribution in [3.05, 3.63) is 30.5 Å². The lowest BCUT2D eigenvalue weighted by Crippen LogP contribution is -2.29. The Bertz CT molecular complexity index is 781. The summed E-state index contributed by atoms with van der Waals surface area (Å²) in [4.78, 5) is 24.8. The number of hydrogen-bond donors (Lipinski definition) is 1. The van der Waals surface area contributed by atoms with Crippen LogP contribution in [0.25, 0.3) is 21.9 Å². The normalized spacial score (nSPS) is 10.9. The Balaban J connectivity index is 2.02. The number of hydrogen-bond acceptors (Lipinski definition) is 4. The minimum Gasteiger partial charge on any atom is -0.375 e. The number of aromatic nitrogens is 3. The van der Waals surface area contributed by atoms with Gasteiger partial charge in [-0.25, -0.2) is 4.79 Å². The van der Waals surface area contributed by atoms with Gasteiger partial charge in [-0.15, -0.1) is 0 Å². The highest BCUT2D eigenvalue weighted by Gasteiger charge is 2.13. The third-order valence-electron chi connectivity index (χ3n) is 3.18. The Kier molecular flexibility index (Phi) is 2.98. The van der Waals surface area contributed by atoms with Crippen LogP contribution >= 0.6 is 0 Å². The lowest BCUT2D eigenvalue weighted by molar-refractivity contribution is 0.162. The predicted octanol–water partition coefficient (Wildman–Crippen LogP) is 2.56. The van der Waals surface area contributed by atoms with E-state index in [4.69, 9.17) is 4.74 Å². The molecule has 6 heteroatoms. The van der Waals surface area contributed by atoms with E-state index in [1.807, 2.05) is 31.2 Å². The Labute approximate surface area is 115 Å². The van der Waals surface area contributed by atoms with Gasteiger partial charge in [0.05, 0.1) is 17.2 Å². The topological polar surface area (TPSA) is 71.1 Å². The van der Waals surface area contributed by atoms with Crippen molar-refractivity contribution >= 4 is 28.0 Å². The smallest absolute Gasteiger partial charge is 0.375 e. The molecular weight excluding hydrogens is 256 g/mol. The maximum atomic E-state index is 11.7. The van der Waals surface area contributed by atoms with E-state index in [1.54, 1.807) is 13.2 Å². The second kappa shape index (κ2) is 4.80. The van der Waals surface area contributed by atoms with Gasteiger partial charge in [0, 0.05) is 19.0 Å². The molecule has 2 aromatic heterocycles. The molecule has 3 rings (SSSR count). The number of para-hydroxylation sites is 1. The summed E-state index contributed by atoms with van der Waals surface area (Å²) in [6.45, 7) is 2.45. The molecule has 0 atom stereocenters. The lowest BCUT2D eigenvalue weighted by atomic mass is 10.2. The number of ether oxygens (including phenoxy) is 1. The van der Waals surface area contributed by atoms with Crippen molar-refractivity contribution in [3.8, 4) is 6.01 Å². The predicted molar refractivity (Wildman–Crippen MR) is 75.7 cm³/mol. The summed E-state index contributed by atoms with van der Waals surface area (Å²) in [5.74, 6) is 0. The molecule has 1 amide bonds. The molecule has 1 aromatic carbocycles. The molecular formula is C14H14N4O2. The van der Waals surface area contributed by atoms with Crippen molar-refractivity contribution in [2.45, 2.75) is 6.92 Å². The van der Waals surface area contributed by atoms with Crippen molar-refractivity contribution < 1.29 is 9.53 Å². The second-order valence-electron chi connectivity index (χ2n) is 4.46. The molecule has 0 radical (unpaired) electrons.